The van der Waals surface area contributed by atoms with E-state index in [0.717, 1.165) is 0 Å². The summed E-state index contributed by atoms with van der Waals surface area (Å²) >= 11 is 0. The van der Waals surface area contributed by atoms with Crippen molar-refractivity contribution in [3.05, 3.63) is 0 Å². The maximum Gasteiger partial charge on any atom is 2.00 e. The third-order valence-electron chi connectivity index (χ3n) is 0.447. The number of aliphatic carboxylic acids is 2. The van der Waals surface area contributed by atoms with Crippen LogP contribution in [0.3, 0.4) is 0 Å². The average Bonchev–Trinajstić information content (AvgIpc) is 1.87. The molecule has 0 aromatic carbocycles. The smallest absolute Gasteiger partial charge is 0.549 e. The topological polar surface area (TPSA) is 159 Å². The third-order valence-corrected chi connectivity index (χ3v) is 0.447. The van der Waals surface area contributed by atoms with E-state index in [9.17, 15) is 19.8 Å². The molecule has 2 N–H and O–H groups in total. The zero-order valence-electron chi connectivity index (χ0n) is 7.15. The third kappa shape index (κ3) is 43.4. The van der Waals surface area contributed by atoms with Crippen LogP contribution in [0.25, 0.3) is 0 Å². The van der Waals surface area contributed by atoms with Crippen LogP contribution in [0.2, 0.25) is 0 Å². The molecule has 0 saturated heterocycles. The van der Waals surface area contributed by atoms with Gasteiger partial charge in [0.25, 0.3) is 0 Å². The summed E-state index contributed by atoms with van der Waals surface area (Å²) in [6.45, 7) is 0. The Morgan fingerprint density at radius 2 is 1.21 bits per heavy atom. The zero-order valence-corrected chi connectivity index (χ0v) is 9.36. The minimum atomic E-state index is -1.32. The summed E-state index contributed by atoms with van der Waals surface area (Å²) in [6.07, 6.45) is -1.03. The first-order chi connectivity index (χ1) is 5.54. The Balaban J connectivity index is -0.0000000625. The standard InChI is InChI=1S/2C3H3NO2.Ca.H2O/c2*4-2-1-3(5)6;;/h2*1H2,(H,5,6);;1H2/q;;+2;/p-2. The number of carboxylic acid groups (broad SMARTS) is 2. The molecule has 0 spiro atoms. The van der Waals surface area contributed by atoms with Crippen molar-refractivity contribution in [3.8, 4) is 12.1 Å². The average molecular weight is 226 g/mol. The van der Waals surface area contributed by atoms with E-state index in [1.807, 2.05) is 0 Å². The van der Waals surface area contributed by atoms with Crippen molar-refractivity contribution in [2.45, 2.75) is 12.8 Å². The molecule has 0 aromatic heterocycles. The van der Waals surface area contributed by atoms with Gasteiger partial charge in [-0.1, -0.05) is 0 Å². The summed E-state index contributed by atoms with van der Waals surface area (Å²) in [6, 6.07) is 2.81. The Bertz CT molecular complexity index is 216. The van der Waals surface area contributed by atoms with Crippen LogP contribution < -0.4 is 10.2 Å². The molecule has 0 heterocycles. The molecule has 8 heteroatoms. The molecule has 0 radical (unpaired) electrons. The van der Waals surface area contributed by atoms with E-state index in [4.69, 9.17) is 10.5 Å². The first-order valence-electron chi connectivity index (χ1n) is 2.68. The van der Waals surface area contributed by atoms with E-state index in [0.29, 0.717) is 0 Å². The first-order valence-corrected chi connectivity index (χ1v) is 2.68. The summed E-state index contributed by atoms with van der Waals surface area (Å²) < 4.78 is 0. The molecule has 0 aromatic rings. The van der Waals surface area contributed by atoms with Crippen LogP contribution in [0, 0.1) is 22.7 Å². The van der Waals surface area contributed by atoms with E-state index >= 15 is 0 Å². The molecular weight excluding hydrogens is 220 g/mol. The molecule has 14 heavy (non-hydrogen) atoms. The largest absolute Gasteiger partial charge is 2.00 e. The van der Waals surface area contributed by atoms with Crippen molar-refractivity contribution in [1.29, 1.82) is 10.5 Å². The maximum atomic E-state index is 9.27. The molecule has 0 unspecified atom stereocenters. The molecule has 0 aliphatic heterocycles. The van der Waals surface area contributed by atoms with Gasteiger partial charge in [0.05, 0.1) is 36.9 Å². The van der Waals surface area contributed by atoms with E-state index in [-0.39, 0.29) is 43.2 Å². The van der Waals surface area contributed by atoms with Crippen molar-refractivity contribution < 1.29 is 25.3 Å². The van der Waals surface area contributed by atoms with E-state index < -0.39 is 24.8 Å². The molecule has 7 nitrogen and oxygen atoms in total. The quantitative estimate of drug-likeness (QED) is 0.437. The van der Waals surface area contributed by atoms with Gasteiger partial charge in [-0.05, 0) is 0 Å². The van der Waals surface area contributed by atoms with Crippen molar-refractivity contribution in [1.82, 2.24) is 0 Å². The van der Waals surface area contributed by atoms with E-state index in [1.165, 1.54) is 12.1 Å². The number of nitriles is 2. The molecule has 0 fully saturated rings. The van der Waals surface area contributed by atoms with Gasteiger partial charge in [-0.3, -0.25) is 0 Å². The number of nitrogens with zero attached hydrogens (tertiary/aromatic N) is 2. The molecule has 0 rings (SSSR count). The Kier molecular flexibility index (Phi) is 29.9. The van der Waals surface area contributed by atoms with Gasteiger partial charge in [0.2, 0.25) is 0 Å². The van der Waals surface area contributed by atoms with Crippen LogP contribution in [0.1, 0.15) is 12.8 Å². The van der Waals surface area contributed by atoms with Gasteiger partial charge in [0.1, 0.15) is 0 Å². The second-order valence-electron chi connectivity index (χ2n) is 1.41. The van der Waals surface area contributed by atoms with Gasteiger partial charge in [-0.25, -0.2) is 0 Å². The van der Waals surface area contributed by atoms with Gasteiger partial charge in [-0.2, -0.15) is 10.5 Å². The molecule has 0 amide bonds. The van der Waals surface area contributed by atoms with Gasteiger partial charge in [-0.15, -0.1) is 0 Å². The monoisotopic (exact) mass is 226 g/mol. The number of rotatable bonds is 2. The Morgan fingerprint density at radius 3 is 1.21 bits per heavy atom. The summed E-state index contributed by atoms with van der Waals surface area (Å²) in [5.74, 6) is -2.64. The molecular formula is C6H6CaN2O5. The Labute approximate surface area is 110 Å². The number of carbonyl (C=O) groups excluding carboxylic acids is 2. The van der Waals surface area contributed by atoms with Crippen molar-refractivity contribution in [2.75, 3.05) is 0 Å². The summed E-state index contributed by atoms with van der Waals surface area (Å²) in [7, 11) is 0. The van der Waals surface area contributed by atoms with Crippen LogP contribution >= 0.6 is 0 Å². The predicted molar refractivity (Wildman–Crippen MR) is 39.8 cm³/mol. The fraction of sp³-hybridized carbons (Fsp3) is 0.333. The van der Waals surface area contributed by atoms with Crippen LogP contribution in [-0.2, 0) is 9.59 Å². The van der Waals surface area contributed by atoms with Crippen LogP contribution in [0.5, 0.6) is 0 Å². The molecule has 72 valence electrons. The molecule has 0 saturated carbocycles. The van der Waals surface area contributed by atoms with Crippen molar-refractivity contribution in [3.63, 3.8) is 0 Å². The van der Waals surface area contributed by atoms with Gasteiger partial charge in [0.15, 0.2) is 0 Å². The van der Waals surface area contributed by atoms with Gasteiger partial charge < -0.3 is 25.3 Å². The fourth-order valence-corrected chi connectivity index (χ4v) is 0.129. The SMILES string of the molecule is N#CCC(=O)[O-].N#CCC(=O)[O-].O.[Ca+2]. The number of hydrogen-bond donors (Lipinski definition) is 0. The number of carbonyl (C=O) groups is 2. The molecule has 0 aliphatic rings. The first kappa shape index (κ1) is 23.2. The minimum absolute atomic E-state index is 0. The van der Waals surface area contributed by atoms with E-state index in [2.05, 4.69) is 0 Å². The van der Waals surface area contributed by atoms with Crippen LogP contribution in [0.15, 0.2) is 0 Å². The van der Waals surface area contributed by atoms with Crippen molar-refractivity contribution in [2.24, 2.45) is 0 Å². The summed E-state index contributed by atoms with van der Waals surface area (Å²) in [4.78, 5) is 18.5. The second-order valence-corrected chi connectivity index (χ2v) is 1.41. The van der Waals surface area contributed by atoms with E-state index in [1.54, 1.807) is 0 Å². The van der Waals surface area contributed by atoms with Gasteiger partial charge >= 0.3 is 37.7 Å². The van der Waals surface area contributed by atoms with Crippen LogP contribution in [-0.4, -0.2) is 55.2 Å². The molecule has 0 bridgehead atoms. The fourth-order valence-electron chi connectivity index (χ4n) is 0.129. The number of carboxylic acids is 2. The summed E-state index contributed by atoms with van der Waals surface area (Å²) in [5.41, 5.74) is 0. The van der Waals surface area contributed by atoms with Crippen LogP contribution in [0.4, 0.5) is 0 Å². The normalized spacial score (nSPS) is 5.57. The molecule has 0 aliphatic carbocycles. The zero-order chi connectivity index (χ0) is 9.98. The second kappa shape index (κ2) is 18.0. The minimum Gasteiger partial charge on any atom is -0.549 e. The van der Waals surface area contributed by atoms with Gasteiger partial charge in [0, 0.05) is 0 Å². The maximum absolute atomic E-state index is 9.27. The number of hydrogen-bond acceptors (Lipinski definition) is 6. The Hall–Kier alpha value is -0.860. The van der Waals surface area contributed by atoms with Crippen molar-refractivity contribution >= 4 is 49.7 Å². The predicted octanol–water partition coefficient (Wildman–Crippen LogP) is -3.91. The Morgan fingerprint density at radius 1 is 1.00 bits per heavy atom. The summed E-state index contributed by atoms with van der Waals surface area (Å²) in [5, 5.41) is 33.7. The molecule has 0 atom stereocenters.